The van der Waals surface area contributed by atoms with Crippen LogP contribution in [-0.4, -0.2) is 22.4 Å². The third-order valence-electron chi connectivity index (χ3n) is 4.03. The van der Waals surface area contributed by atoms with Crippen molar-refractivity contribution >= 4 is 10.9 Å². The molecule has 1 saturated carbocycles. The highest BCUT2D eigenvalue weighted by Crippen LogP contribution is 2.38. The summed E-state index contributed by atoms with van der Waals surface area (Å²) in [6, 6.07) is 11.0. The molecule has 18 heavy (non-hydrogen) atoms. The SMILES string of the molecule is CNC1(C#N)CCC(n2ncc3ccccc32)C1. The van der Waals surface area contributed by atoms with Gasteiger partial charge in [0.1, 0.15) is 5.54 Å². The summed E-state index contributed by atoms with van der Waals surface area (Å²) in [5.41, 5.74) is 0.782. The van der Waals surface area contributed by atoms with E-state index in [0.717, 1.165) is 30.2 Å². The number of para-hydroxylation sites is 1. The summed E-state index contributed by atoms with van der Waals surface area (Å²) in [4.78, 5) is 0. The number of benzene rings is 1. The molecule has 4 heteroatoms. The molecule has 0 bridgehead atoms. The third-order valence-corrected chi connectivity index (χ3v) is 4.03. The summed E-state index contributed by atoms with van der Waals surface area (Å²) < 4.78 is 2.08. The third kappa shape index (κ3) is 1.59. The Labute approximate surface area is 106 Å². The molecule has 1 fully saturated rings. The molecule has 0 spiro atoms. The summed E-state index contributed by atoms with van der Waals surface area (Å²) in [6.07, 6.45) is 4.62. The van der Waals surface area contributed by atoms with E-state index < -0.39 is 0 Å². The first-order chi connectivity index (χ1) is 8.78. The molecule has 1 aliphatic rings. The van der Waals surface area contributed by atoms with Crippen molar-refractivity contribution in [1.82, 2.24) is 15.1 Å². The number of hydrogen-bond donors (Lipinski definition) is 1. The predicted molar refractivity (Wildman–Crippen MR) is 70.0 cm³/mol. The molecule has 2 unspecified atom stereocenters. The Balaban J connectivity index is 1.96. The van der Waals surface area contributed by atoms with E-state index in [-0.39, 0.29) is 5.54 Å². The number of nitrogens with one attached hydrogen (secondary N) is 1. The van der Waals surface area contributed by atoms with Gasteiger partial charge in [0.15, 0.2) is 0 Å². The standard InChI is InChI=1S/C14H16N4/c1-16-14(10-15)7-6-12(8-14)18-13-5-3-2-4-11(13)9-17-18/h2-5,9,12,16H,6-8H2,1H3. The molecule has 3 rings (SSSR count). The number of aromatic nitrogens is 2. The monoisotopic (exact) mass is 240 g/mol. The molecule has 0 amide bonds. The molecule has 4 nitrogen and oxygen atoms in total. The van der Waals surface area contributed by atoms with Crippen LogP contribution in [0.5, 0.6) is 0 Å². The molecule has 0 aliphatic heterocycles. The Hall–Kier alpha value is -1.86. The number of rotatable bonds is 2. The van der Waals surface area contributed by atoms with E-state index in [0.29, 0.717) is 6.04 Å². The highest BCUT2D eigenvalue weighted by Gasteiger charge is 2.39. The van der Waals surface area contributed by atoms with Gasteiger partial charge in [0.05, 0.1) is 23.8 Å². The van der Waals surface area contributed by atoms with Crippen LogP contribution in [0, 0.1) is 11.3 Å². The number of hydrogen-bond acceptors (Lipinski definition) is 3. The first kappa shape index (κ1) is 11.2. The molecule has 1 aliphatic carbocycles. The van der Waals surface area contributed by atoms with Crippen LogP contribution in [0.15, 0.2) is 30.5 Å². The van der Waals surface area contributed by atoms with Gasteiger partial charge < -0.3 is 5.32 Å². The Kier molecular flexibility index (Phi) is 2.57. The lowest BCUT2D eigenvalue weighted by atomic mass is 10.00. The first-order valence-corrected chi connectivity index (χ1v) is 6.30. The molecule has 1 heterocycles. The zero-order valence-corrected chi connectivity index (χ0v) is 10.4. The second-order valence-corrected chi connectivity index (χ2v) is 4.99. The summed E-state index contributed by atoms with van der Waals surface area (Å²) in [5, 5.41) is 18.1. The minimum absolute atomic E-state index is 0.317. The maximum atomic E-state index is 9.30. The number of fused-ring (bicyclic) bond motifs is 1. The largest absolute Gasteiger partial charge is 0.302 e. The Morgan fingerprint density at radius 2 is 2.33 bits per heavy atom. The van der Waals surface area contributed by atoms with Crippen molar-refractivity contribution < 1.29 is 0 Å². The maximum absolute atomic E-state index is 9.30. The van der Waals surface area contributed by atoms with E-state index in [4.69, 9.17) is 0 Å². The molecular weight excluding hydrogens is 224 g/mol. The Morgan fingerprint density at radius 3 is 3.06 bits per heavy atom. The van der Waals surface area contributed by atoms with E-state index in [1.165, 1.54) is 0 Å². The lowest BCUT2D eigenvalue weighted by molar-refractivity contribution is 0.417. The Bertz CT molecular complexity index is 610. The molecule has 2 atom stereocenters. The minimum Gasteiger partial charge on any atom is -0.302 e. The van der Waals surface area contributed by atoms with Crippen molar-refractivity contribution in [2.75, 3.05) is 7.05 Å². The summed E-state index contributed by atoms with van der Waals surface area (Å²) in [6.45, 7) is 0. The average Bonchev–Trinajstić information content (AvgIpc) is 3.03. The van der Waals surface area contributed by atoms with Gasteiger partial charge in [0.2, 0.25) is 0 Å². The van der Waals surface area contributed by atoms with Crippen LogP contribution >= 0.6 is 0 Å². The van der Waals surface area contributed by atoms with Gasteiger partial charge in [-0.3, -0.25) is 4.68 Å². The van der Waals surface area contributed by atoms with Gasteiger partial charge in [0, 0.05) is 11.8 Å². The zero-order valence-electron chi connectivity index (χ0n) is 10.4. The van der Waals surface area contributed by atoms with Crippen LogP contribution in [0.4, 0.5) is 0 Å². The molecule has 1 aromatic heterocycles. The minimum atomic E-state index is -0.377. The molecule has 2 aromatic rings. The van der Waals surface area contributed by atoms with Crippen molar-refractivity contribution in [2.45, 2.75) is 30.8 Å². The van der Waals surface area contributed by atoms with Crippen LogP contribution in [0.2, 0.25) is 0 Å². The van der Waals surface area contributed by atoms with Crippen LogP contribution < -0.4 is 5.32 Å². The molecule has 0 saturated heterocycles. The summed E-state index contributed by atoms with van der Waals surface area (Å²) in [7, 11) is 1.87. The smallest absolute Gasteiger partial charge is 0.108 e. The molecule has 1 aromatic carbocycles. The molecular formula is C14H16N4. The topological polar surface area (TPSA) is 53.6 Å². The number of nitriles is 1. The van der Waals surface area contributed by atoms with E-state index in [1.807, 2.05) is 25.4 Å². The van der Waals surface area contributed by atoms with Crippen molar-refractivity contribution in [1.29, 1.82) is 5.26 Å². The highest BCUT2D eigenvalue weighted by molar-refractivity contribution is 5.78. The van der Waals surface area contributed by atoms with Gasteiger partial charge >= 0.3 is 0 Å². The fourth-order valence-corrected chi connectivity index (χ4v) is 2.90. The summed E-state index contributed by atoms with van der Waals surface area (Å²) in [5.74, 6) is 0. The lowest BCUT2D eigenvalue weighted by Crippen LogP contribution is -2.38. The fourth-order valence-electron chi connectivity index (χ4n) is 2.90. The molecule has 0 radical (unpaired) electrons. The van der Waals surface area contributed by atoms with Crippen LogP contribution in [-0.2, 0) is 0 Å². The Morgan fingerprint density at radius 1 is 1.50 bits per heavy atom. The van der Waals surface area contributed by atoms with E-state index in [2.05, 4.69) is 33.3 Å². The van der Waals surface area contributed by atoms with Crippen LogP contribution in [0.3, 0.4) is 0 Å². The van der Waals surface area contributed by atoms with Gasteiger partial charge in [-0.15, -0.1) is 0 Å². The highest BCUT2D eigenvalue weighted by atomic mass is 15.3. The normalized spacial score (nSPS) is 27.4. The van der Waals surface area contributed by atoms with E-state index in [1.54, 1.807) is 0 Å². The quantitative estimate of drug-likeness (QED) is 0.875. The van der Waals surface area contributed by atoms with Gasteiger partial charge in [-0.05, 0) is 26.0 Å². The second kappa shape index (κ2) is 4.11. The van der Waals surface area contributed by atoms with Crippen LogP contribution in [0.25, 0.3) is 10.9 Å². The molecule has 1 N–H and O–H groups in total. The van der Waals surface area contributed by atoms with Crippen molar-refractivity contribution in [3.05, 3.63) is 30.5 Å². The van der Waals surface area contributed by atoms with Gasteiger partial charge in [-0.25, -0.2) is 0 Å². The summed E-state index contributed by atoms with van der Waals surface area (Å²) >= 11 is 0. The second-order valence-electron chi connectivity index (χ2n) is 4.99. The maximum Gasteiger partial charge on any atom is 0.108 e. The first-order valence-electron chi connectivity index (χ1n) is 6.30. The van der Waals surface area contributed by atoms with Gasteiger partial charge in [-0.1, -0.05) is 18.2 Å². The van der Waals surface area contributed by atoms with E-state index >= 15 is 0 Å². The van der Waals surface area contributed by atoms with Gasteiger partial charge in [-0.2, -0.15) is 10.4 Å². The lowest BCUT2D eigenvalue weighted by Gasteiger charge is -2.20. The zero-order chi connectivity index (χ0) is 12.6. The van der Waals surface area contributed by atoms with Crippen molar-refractivity contribution in [3.63, 3.8) is 0 Å². The fraction of sp³-hybridized carbons (Fsp3) is 0.429. The van der Waals surface area contributed by atoms with E-state index in [9.17, 15) is 5.26 Å². The molecule has 92 valence electrons. The van der Waals surface area contributed by atoms with Crippen LogP contribution in [0.1, 0.15) is 25.3 Å². The van der Waals surface area contributed by atoms with Crippen molar-refractivity contribution in [2.24, 2.45) is 0 Å². The average molecular weight is 240 g/mol. The number of nitrogens with zero attached hydrogens (tertiary/aromatic N) is 3. The predicted octanol–water partition coefficient (Wildman–Crippen LogP) is 2.24. The van der Waals surface area contributed by atoms with Crippen molar-refractivity contribution in [3.8, 4) is 6.07 Å². The van der Waals surface area contributed by atoms with Gasteiger partial charge in [0.25, 0.3) is 0 Å².